The Balaban J connectivity index is 2.10. The number of aliphatic carboxylic acids is 1. The molecule has 0 spiro atoms. The molecule has 1 aromatic rings. The fourth-order valence-electron chi connectivity index (χ4n) is 2.16. The van der Waals surface area contributed by atoms with Crippen molar-refractivity contribution < 1.29 is 14.3 Å². The van der Waals surface area contributed by atoms with Crippen molar-refractivity contribution in [3.05, 3.63) is 60.4 Å². The Hall–Kier alpha value is -2.55. The number of carboxylic acids is 1. The molecular formula is C16H12O3. The molecule has 1 N–H and O–H groups in total. The van der Waals surface area contributed by atoms with Gasteiger partial charge < -0.3 is 9.52 Å². The van der Waals surface area contributed by atoms with Gasteiger partial charge in [-0.2, -0.15) is 0 Å². The van der Waals surface area contributed by atoms with Crippen LogP contribution in [0.4, 0.5) is 0 Å². The predicted octanol–water partition coefficient (Wildman–Crippen LogP) is 3.68. The van der Waals surface area contributed by atoms with E-state index in [1.165, 1.54) is 0 Å². The van der Waals surface area contributed by atoms with Crippen molar-refractivity contribution in [2.75, 3.05) is 0 Å². The molecule has 3 rings (SSSR count). The van der Waals surface area contributed by atoms with Crippen LogP contribution in [0.15, 0.2) is 59.0 Å². The molecule has 0 saturated heterocycles. The summed E-state index contributed by atoms with van der Waals surface area (Å²) in [5.41, 5.74) is 3.03. The Kier molecular flexibility index (Phi) is 2.80. The third-order valence-electron chi connectivity index (χ3n) is 3.03. The molecule has 0 aromatic heterocycles. The van der Waals surface area contributed by atoms with E-state index in [1.54, 1.807) is 6.07 Å². The molecule has 1 aromatic carbocycles. The molecule has 0 unspecified atom stereocenters. The van der Waals surface area contributed by atoms with Gasteiger partial charge in [-0.15, -0.1) is 0 Å². The van der Waals surface area contributed by atoms with Crippen LogP contribution in [0.5, 0.6) is 0 Å². The molecule has 1 aliphatic heterocycles. The van der Waals surface area contributed by atoms with E-state index < -0.39 is 5.97 Å². The average Bonchev–Trinajstić information content (AvgIpc) is 2.82. The van der Waals surface area contributed by atoms with Gasteiger partial charge in [0.15, 0.2) is 0 Å². The number of carbonyl (C=O) groups is 1. The quantitative estimate of drug-likeness (QED) is 0.773. The summed E-state index contributed by atoms with van der Waals surface area (Å²) in [7, 11) is 0. The standard InChI is InChI=1S/C16H12O3/c17-15(18)10-13-8-6-12-7-9-14(16(12)19-13)11-4-2-1-3-5-11/h1-9H,10H2,(H,17,18). The van der Waals surface area contributed by atoms with Crippen molar-refractivity contribution in [2.45, 2.75) is 6.42 Å². The molecule has 0 amide bonds. The van der Waals surface area contributed by atoms with E-state index in [2.05, 4.69) is 0 Å². The normalized spacial score (nSPS) is 10.7. The number of rotatable bonds is 3. The topological polar surface area (TPSA) is 50.4 Å². The minimum atomic E-state index is -0.893. The van der Waals surface area contributed by atoms with Gasteiger partial charge in [-0.1, -0.05) is 36.4 Å². The lowest BCUT2D eigenvalue weighted by molar-refractivity contribution is -0.136. The highest BCUT2D eigenvalue weighted by atomic mass is 16.4. The van der Waals surface area contributed by atoms with Gasteiger partial charge in [0.2, 0.25) is 0 Å². The van der Waals surface area contributed by atoms with Crippen LogP contribution in [0.2, 0.25) is 0 Å². The molecule has 0 fully saturated rings. The largest absolute Gasteiger partial charge is 0.481 e. The second-order valence-electron chi connectivity index (χ2n) is 4.37. The molecule has 1 aliphatic carbocycles. The van der Waals surface area contributed by atoms with Crippen LogP contribution in [0, 0.1) is 0 Å². The summed E-state index contributed by atoms with van der Waals surface area (Å²) in [6.07, 6.45) is -0.102. The first-order valence-electron chi connectivity index (χ1n) is 6.03. The van der Waals surface area contributed by atoms with Crippen LogP contribution in [0.25, 0.3) is 22.5 Å². The molecule has 3 nitrogen and oxygen atoms in total. The molecular weight excluding hydrogens is 240 g/mol. The Labute approximate surface area is 110 Å². The summed E-state index contributed by atoms with van der Waals surface area (Å²) in [5, 5.41) is 8.82. The summed E-state index contributed by atoms with van der Waals surface area (Å²) in [5.74, 6) is 0.309. The fourth-order valence-corrected chi connectivity index (χ4v) is 2.16. The van der Waals surface area contributed by atoms with Gasteiger partial charge in [-0.25, -0.2) is 0 Å². The molecule has 3 heteroatoms. The third-order valence-corrected chi connectivity index (χ3v) is 3.03. The van der Waals surface area contributed by atoms with E-state index in [-0.39, 0.29) is 6.42 Å². The number of carboxylic acid groups (broad SMARTS) is 1. The van der Waals surface area contributed by atoms with Gasteiger partial charge >= 0.3 is 5.97 Å². The lowest BCUT2D eigenvalue weighted by atomic mass is 10.1. The van der Waals surface area contributed by atoms with Crippen molar-refractivity contribution in [2.24, 2.45) is 0 Å². The molecule has 0 radical (unpaired) electrons. The smallest absolute Gasteiger partial charge is 0.311 e. The SMILES string of the molecule is O=C(O)Cc1ccc2ccc(-c3ccccc3)c-2o1. The van der Waals surface area contributed by atoms with Crippen LogP contribution in [-0.4, -0.2) is 11.1 Å². The van der Waals surface area contributed by atoms with Crippen LogP contribution < -0.4 is 0 Å². The Morgan fingerprint density at radius 1 is 0.947 bits per heavy atom. The monoisotopic (exact) mass is 252 g/mol. The second kappa shape index (κ2) is 4.61. The van der Waals surface area contributed by atoms with E-state index in [4.69, 9.17) is 9.52 Å². The zero-order valence-electron chi connectivity index (χ0n) is 10.2. The summed E-state index contributed by atoms with van der Waals surface area (Å²) >= 11 is 0. The van der Waals surface area contributed by atoms with E-state index in [0.29, 0.717) is 5.76 Å². The molecule has 0 bridgehead atoms. The van der Waals surface area contributed by atoms with E-state index in [0.717, 1.165) is 22.5 Å². The van der Waals surface area contributed by atoms with Crippen LogP contribution in [-0.2, 0) is 11.2 Å². The summed E-state index contributed by atoms with van der Waals surface area (Å²) in [4.78, 5) is 10.7. The summed E-state index contributed by atoms with van der Waals surface area (Å²) in [6, 6.07) is 17.5. The van der Waals surface area contributed by atoms with Gasteiger partial charge in [-0.05, 0) is 23.8 Å². The molecule has 1 heterocycles. The second-order valence-corrected chi connectivity index (χ2v) is 4.37. The number of benzene rings is 1. The zero-order chi connectivity index (χ0) is 13.2. The van der Waals surface area contributed by atoms with Crippen molar-refractivity contribution >= 4 is 5.97 Å². The molecule has 0 atom stereocenters. The number of fused-ring (bicyclic) bond motifs is 1. The third kappa shape index (κ3) is 2.22. The summed E-state index contributed by atoms with van der Waals surface area (Å²) in [6.45, 7) is 0. The molecule has 94 valence electrons. The van der Waals surface area contributed by atoms with E-state index >= 15 is 0 Å². The first-order valence-corrected chi connectivity index (χ1v) is 6.03. The maximum Gasteiger partial charge on any atom is 0.311 e. The van der Waals surface area contributed by atoms with Crippen LogP contribution >= 0.6 is 0 Å². The van der Waals surface area contributed by atoms with E-state index in [9.17, 15) is 4.79 Å². The van der Waals surface area contributed by atoms with Crippen LogP contribution in [0.3, 0.4) is 0 Å². The zero-order valence-corrected chi connectivity index (χ0v) is 10.2. The number of hydrogen-bond acceptors (Lipinski definition) is 2. The Morgan fingerprint density at radius 3 is 2.42 bits per heavy atom. The first kappa shape index (κ1) is 11.5. The fraction of sp³-hybridized carbons (Fsp3) is 0.0625. The average molecular weight is 252 g/mol. The number of hydrogen-bond donors (Lipinski definition) is 1. The lowest BCUT2D eigenvalue weighted by Gasteiger charge is -2.06. The maximum absolute atomic E-state index is 10.7. The minimum Gasteiger partial charge on any atom is -0.481 e. The van der Waals surface area contributed by atoms with Crippen molar-refractivity contribution in [3.63, 3.8) is 0 Å². The molecule has 2 aliphatic rings. The Morgan fingerprint density at radius 2 is 1.68 bits per heavy atom. The lowest BCUT2D eigenvalue weighted by Crippen LogP contribution is -2.00. The van der Waals surface area contributed by atoms with E-state index in [1.807, 2.05) is 48.5 Å². The van der Waals surface area contributed by atoms with Crippen LogP contribution in [0.1, 0.15) is 5.76 Å². The van der Waals surface area contributed by atoms with Gasteiger partial charge in [0, 0.05) is 11.1 Å². The first-order chi connectivity index (χ1) is 9.24. The van der Waals surface area contributed by atoms with Gasteiger partial charge in [0.05, 0.1) is 0 Å². The van der Waals surface area contributed by atoms with Crippen molar-refractivity contribution in [1.82, 2.24) is 0 Å². The Bertz CT molecular complexity index is 682. The van der Waals surface area contributed by atoms with Crippen molar-refractivity contribution in [1.29, 1.82) is 0 Å². The van der Waals surface area contributed by atoms with Crippen molar-refractivity contribution in [3.8, 4) is 22.5 Å². The predicted molar refractivity (Wildman–Crippen MR) is 72.1 cm³/mol. The van der Waals surface area contributed by atoms with Gasteiger partial charge in [0.1, 0.15) is 17.9 Å². The van der Waals surface area contributed by atoms with Gasteiger partial charge in [-0.3, -0.25) is 4.79 Å². The molecule has 19 heavy (non-hydrogen) atoms. The summed E-state index contributed by atoms with van der Waals surface area (Å²) < 4.78 is 5.72. The highest BCUT2D eigenvalue weighted by Crippen LogP contribution is 2.36. The minimum absolute atomic E-state index is 0.102. The highest BCUT2D eigenvalue weighted by Gasteiger charge is 2.15. The molecule has 0 saturated carbocycles. The highest BCUT2D eigenvalue weighted by molar-refractivity contribution is 5.83. The maximum atomic E-state index is 10.7. The van der Waals surface area contributed by atoms with Gasteiger partial charge in [0.25, 0.3) is 0 Å².